The zero-order chi connectivity index (χ0) is 16.4. The molecular formula is C14H17NO6S. The molecule has 0 bridgehead atoms. The van der Waals surface area contributed by atoms with Gasteiger partial charge in [-0.1, -0.05) is 6.92 Å². The van der Waals surface area contributed by atoms with Gasteiger partial charge in [0.2, 0.25) is 5.91 Å². The van der Waals surface area contributed by atoms with Gasteiger partial charge in [0.15, 0.2) is 5.78 Å². The number of fused-ring (bicyclic) bond motifs is 1. The first-order valence-electron chi connectivity index (χ1n) is 6.94. The van der Waals surface area contributed by atoms with E-state index >= 15 is 0 Å². The summed E-state index contributed by atoms with van der Waals surface area (Å²) >= 11 is 0. The number of hydrogen-bond donors (Lipinski definition) is 2. The van der Waals surface area contributed by atoms with Crippen molar-refractivity contribution in [3.05, 3.63) is 22.1 Å². The molecule has 0 spiro atoms. The average Bonchev–Trinajstić information content (AvgIpc) is 2.81. The number of carbonyl (C=O) groups excluding carboxylic acids is 2. The third kappa shape index (κ3) is 2.76. The Balaban J connectivity index is 2.22. The van der Waals surface area contributed by atoms with E-state index in [0.717, 1.165) is 11.5 Å². The molecule has 7 nitrogen and oxygen atoms in total. The highest BCUT2D eigenvalue weighted by molar-refractivity contribution is 7.91. The lowest BCUT2D eigenvalue weighted by Crippen LogP contribution is -2.58. The molecule has 2 unspecified atom stereocenters. The fourth-order valence-electron chi connectivity index (χ4n) is 2.79. The summed E-state index contributed by atoms with van der Waals surface area (Å²) in [6, 6.07) is -0.246. The van der Waals surface area contributed by atoms with Crippen LogP contribution in [0.3, 0.4) is 0 Å². The lowest BCUT2D eigenvalue weighted by Gasteiger charge is -2.42. The summed E-state index contributed by atoms with van der Waals surface area (Å²) in [7, 11) is -1.78. The first-order chi connectivity index (χ1) is 10.4. The molecule has 0 aromatic carbocycles. The number of carboxylic acid groups (broad SMARTS) is 1. The molecule has 1 fully saturated rings. The van der Waals surface area contributed by atoms with E-state index in [1.807, 2.05) is 6.92 Å². The number of aliphatic carboxylic acids is 1. The second kappa shape index (κ2) is 6.53. The van der Waals surface area contributed by atoms with Crippen LogP contribution in [0, 0.1) is 5.92 Å². The van der Waals surface area contributed by atoms with Crippen LogP contribution in [-0.4, -0.2) is 49.6 Å². The number of ketones is 1. The summed E-state index contributed by atoms with van der Waals surface area (Å²) in [4.78, 5) is 36.0. The van der Waals surface area contributed by atoms with Crippen molar-refractivity contribution >= 4 is 28.5 Å². The number of β-lactam (4-membered cyclic amide) rings is 1. The molecule has 2 aliphatic heterocycles. The fourth-order valence-corrected chi connectivity index (χ4v) is 3.95. The zero-order valence-electron chi connectivity index (χ0n) is 12.0. The number of amides is 1. The van der Waals surface area contributed by atoms with Gasteiger partial charge in [-0.25, -0.2) is 9.00 Å². The zero-order valence-corrected chi connectivity index (χ0v) is 12.8. The van der Waals surface area contributed by atoms with Crippen molar-refractivity contribution in [1.82, 2.24) is 4.90 Å². The first kappa shape index (κ1) is 16.6. The number of carboxylic acids is 1. The molecule has 0 aliphatic carbocycles. The van der Waals surface area contributed by atoms with Crippen molar-refractivity contribution in [1.29, 1.82) is 0 Å². The van der Waals surface area contributed by atoms with E-state index < -0.39 is 22.6 Å². The van der Waals surface area contributed by atoms with Crippen molar-refractivity contribution in [3.63, 3.8) is 0 Å². The van der Waals surface area contributed by atoms with Crippen molar-refractivity contribution < 1.29 is 28.8 Å². The molecule has 0 saturated carbocycles. The number of hydrogen-bond acceptors (Lipinski definition) is 5. The van der Waals surface area contributed by atoms with E-state index in [-0.39, 0.29) is 47.9 Å². The number of allylic oxidation sites excluding steroid dienone is 1. The van der Waals surface area contributed by atoms with Crippen LogP contribution < -0.4 is 0 Å². The molecule has 0 aromatic heterocycles. The number of aliphatic hydroxyl groups excluding tert-OH is 1. The van der Waals surface area contributed by atoms with E-state index in [1.54, 1.807) is 0 Å². The molecule has 2 rings (SSSR count). The van der Waals surface area contributed by atoms with E-state index in [1.165, 1.54) is 4.90 Å². The Labute approximate surface area is 129 Å². The second-order valence-corrected chi connectivity index (χ2v) is 6.47. The molecule has 8 heteroatoms. The van der Waals surface area contributed by atoms with Crippen LogP contribution in [0.15, 0.2) is 22.1 Å². The van der Waals surface area contributed by atoms with Gasteiger partial charge in [-0.05, 0) is 12.5 Å². The summed E-state index contributed by atoms with van der Waals surface area (Å²) in [5.74, 6) is -2.16. The van der Waals surface area contributed by atoms with Crippen molar-refractivity contribution in [2.45, 2.75) is 32.2 Å². The minimum atomic E-state index is -1.78. The van der Waals surface area contributed by atoms with Crippen LogP contribution in [0.25, 0.3) is 0 Å². The second-order valence-electron chi connectivity index (χ2n) is 5.11. The maximum absolute atomic E-state index is 12.2. The van der Waals surface area contributed by atoms with Gasteiger partial charge >= 0.3 is 5.97 Å². The van der Waals surface area contributed by atoms with Gasteiger partial charge in [0.1, 0.15) is 5.70 Å². The molecule has 1 saturated heterocycles. The Morgan fingerprint density at radius 1 is 1.45 bits per heavy atom. The smallest absolute Gasteiger partial charge is 0.353 e. The first-order valence-corrected chi connectivity index (χ1v) is 8.15. The Morgan fingerprint density at radius 2 is 2.14 bits per heavy atom. The topological polar surface area (TPSA) is 112 Å². The summed E-state index contributed by atoms with van der Waals surface area (Å²) in [5.41, 5.74) is -0.225. The van der Waals surface area contributed by atoms with Crippen LogP contribution in [0.1, 0.15) is 26.2 Å². The molecule has 2 heterocycles. The number of nitrogens with zero attached hydrogens (tertiary/aromatic N) is 1. The summed E-state index contributed by atoms with van der Waals surface area (Å²) in [6.45, 7) is 1.55. The van der Waals surface area contributed by atoms with Crippen LogP contribution in [0.2, 0.25) is 0 Å². The van der Waals surface area contributed by atoms with Crippen molar-refractivity contribution in [2.75, 3.05) is 6.61 Å². The summed E-state index contributed by atoms with van der Waals surface area (Å²) in [6.07, 6.45) is 1.85. The van der Waals surface area contributed by atoms with Gasteiger partial charge in [0.25, 0.3) is 0 Å². The highest BCUT2D eigenvalue weighted by Crippen LogP contribution is 2.44. The molecule has 0 radical (unpaired) electrons. The number of aliphatic hydroxyl groups is 1. The highest BCUT2D eigenvalue weighted by atomic mass is 32.2. The largest absolute Gasteiger partial charge is 0.477 e. The predicted octanol–water partition coefficient (Wildman–Crippen LogP) is 0.137. The van der Waals surface area contributed by atoms with Gasteiger partial charge in [0.05, 0.1) is 34.3 Å². The Hall–Kier alpha value is -1.80. The van der Waals surface area contributed by atoms with Gasteiger partial charge in [-0.3, -0.25) is 9.59 Å². The molecule has 2 aliphatic rings. The predicted molar refractivity (Wildman–Crippen MR) is 77.7 cm³/mol. The van der Waals surface area contributed by atoms with Gasteiger partial charge in [-0.2, -0.15) is 0 Å². The molecule has 3 atom stereocenters. The van der Waals surface area contributed by atoms with E-state index in [9.17, 15) is 23.7 Å². The maximum Gasteiger partial charge on any atom is 0.353 e. The molecule has 22 heavy (non-hydrogen) atoms. The van der Waals surface area contributed by atoms with E-state index in [4.69, 9.17) is 5.11 Å². The minimum Gasteiger partial charge on any atom is -0.477 e. The van der Waals surface area contributed by atoms with E-state index in [0.29, 0.717) is 6.42 Å². The molecule has 0 aromatic rings. The lowest BCUT2D eigenvalue weighted by molar-refractivity contribution is -0.155. The van der Waals surface area contributed by atoms with E-state index in [2.05, 4.69) is 0 Å². The fraction of sp³-hybridized carbons (Fsp3) is 0.500. The number of rotatable bonds is 7. The molecule has 120 valence electrons. The summed E-state index contributed by atoms with van der Waals surface area (Å²) < 4.78 is 12.2. The van der Waals surface area contributed by atoms with Gasteiger partial charge in [-0.15, -0.1) is 0 Å². The summed E-state index contributed by atoms with van der Waals surface area (Å²) in [5, 5.41) is 19.0. The third-order valence-corrected chi connectivity index (χ3v) is 5.10. The quantitative estimate of drug-likeness (QED) is 0.508. The lowest BCUT2D eigenvalue weighted by atomic mass is 9.85. The van der Waals surface area contributed by atoms with Gasteiger partial charge < -0.3 is 15.1 Å². The third-order valence-electron chi connectivity index (χ3n) is 3.87. The van der Waals surface area contributed by atoms with Crippen molar-refractivity contribution in [3.8, 4) is 0 Å². The molecular weight excluding hydrogens is 310 g/mol. The van der Waals surface area contributed by atoms with Crippen LogP contribution in [0.4, 0.5) is 0 Å². The van der Waals surface area contributed by atoms with Crippen LogP contribution in [-0.2, 0) is 25.2 Å². The normalized spacial score (nSPS) is 25.4. The standard InChI is InChI=1S/C14H17NO6S/c1-2-9-10-7-11(12(14(19)20)15(10)13(9)18)22(21)6-4-8(17)3-5-16/h4,6,9-10,16H,2-3,5,7H2,1H3,(H,19,20)/b6-4-/t9-,10?,22?/m1/s1. The van der Waals surface area contributed by atoms with Crippen molar-refractivity contribution in [2.24, 2.45) is 5.92 Å². The Morgan fingerprint density at radius 3 is 2.68 bits per heavy atom. The SMILES string of the molecule is CC[C@H]1C(=O)N2C(C(=O)O)=C(S(=O)/C=C\C(=O)CCO)CC12. The Kier molecular flexibility index (Phi) is 4.92. The maximum atomic E-state index is 12.2. The monoisotopic (exact) mass is 327 g/mol. The minimum absolute atomic E-state index is 0.0797. The number of carbonyl (C=O) groups is 3. The molecule has 1 amide bonds. The average molecular weight is 327 g/mol. The van der Waals surface area contributed by atoms with Gasteiger partial charge in [0, 0.05) is 18.2 Å². The highest BCUT2D eigenvalue weighted by Gasteiger charge is 2.54. The molecule has 2 N–H and O–H groups in total. The van der Waals surface area contributed by atoms with Crippen LogP contribution >= 0.6 is 0 Å². The van der Waals surface area contributed by atoms with Crippen LogP contribution in [0.5, 0.6) is 0 Å². The Bertz CT molecular complexity index is 608.